The van der Waals surface area contributed by atoms with Crippen LogP contribution >= 0.6 is 0 Å². The number of aromatic amines is 1. The molecule has 0 aromatic carbocycles. The number of hydrogen-bond acceptors (Lipinski definition) is 2. The smallest absolute Gasteiger partial charge is 0.339 e. The number of ether oxygens (including phenoxy) is 1. The van der Waals surface area contributed by atoms with E-state index >= 15 is 0 Å². The molecule has 0 radical (unpaired) electrons. The van der Waals surface area contributed by atoms with Crippen molar-refractivity contribution in [3.8, 4) is 0 Å². The van der Waals surface area contributed by atoms with Crippen LogP contribution in [-0.2, 0) is 17.6 Å². The van der Waals surface area contributed by atoms with Crippen molar-refractivity contribution in [3.63, 3.8) is 0 Å². The van der Waals surface area contributed by atoms with E-state index in [1.54, 1.807) is 6.20 Å². The van der Waals surface area contributed by atoms with Crippen LogP contribution in [0.4, 0.5) is 0 Å². The molecule has 2 rings (SSSR count). The van der Waals surface area contributed by atoms with Gasteiger partial charge in [0.05, 0.1) is 12.2 Å². The Hall–Kier alpha value is -1.25. The second-order valence-corrected chi connectivity index (χ2v) is 5.22. The van der Waals surface area contributed by atoms with E-state index in [4.69, 9.17) is 4.74 Å². The van der Waals surface area contributed by atoms with Crippen molar-refractivity contribution >= 4 is 5.97 Å². The van der Waals surface area contributed by atoms with Crippen LogP contribution in [0.1, 0.15) is 48.8 Å². The average Bonchev–Trinajstić information content (AvgIpc) is 2.59. The highest BCUT2D eigenvalue weighted by molar-refractivity contribution is 5.91. The Morgan fingerprint density at radius 1 is 1.56 bits per heavy atom. The minimum absolute atomic E-state index is 0.195. The Bertz CT molecular complexity index is 404. The van der Waals surface area contributed by atoms with Crippen LogP contribution in [-0.4, -0.2) is 17.6 Å². The number of fused-ring (bicyclic) bond motifs is 1. The Morgan fingerprint density at radius 3 is 3.00 bits per heavy atom. The molecule has 1 aromatic heterocycles. The summed E-state index contributed by atoms with van der Waals surface area (Å²) in [5.74, 6) is -0.195. The van der Waals surface area contributed by atoms with E-state index in [1.807, 2.05) is 6.92 Å². The maximum Gasteiger partial charge on any atom is 0.339 e. The molecule has 0 atom stereocenters. The molecule has 0 amide bonds. The molecule has 88 valence electrons. The lowest BCUT2D eigenvalue weighted by atomic mass is 9.76. The maximum absolute atomic E-state index is 11.7. The van der Waals surface area contributed by atoms with Crippen molar-refractivity contribution in [2.45, 2.75) is 40.0 Å². The molecule has 1 aromatic rings. The van der Waals surface area contributed by atoms with Gasteiger partial charge in [0.2, 0.25) is 0 Å². The second-order valence-electron chi connectivity index (χ2n) is 5.22. The minimum Gasteiger partial charge on any atom is -0.462 e. The fraction of sp³-hybridized carbons (Fsp3) is 0.615. The van der Waals surface area contributed by atoms with E-state index in [0.29, 0.717) is 12.0 Å². The van der Waals surface area contributed by atoms with Gasteiger partial charge in [-0.05, 0) is 37.2 Å². The summed E-state index contributed by atoms with van der Waals surface area (Å²) in [5, 5.41) is 0. The number of esters is 1. The molecule has 0 unspecified atom stereocenters. The fourth-order valence-corrected chi connectivity index (χ4v) is 2.36. The number of carbonyl (C=O) groups is 1. The predicted octanol–water partition coefficient (Wildman–Crippen LogP) is 2.71. The first-order valence-electron chi connectivity index (χ1n) is 5.90. The third-order valence-corrected chi connectivity index (χ3v) is 3.28. The normalized spacial score (nSPS) is 17.9. The maximum atomic E-state index is 11.7. The van der Waals surface area contributed by atoms with Gasteiger partial charge in [-0.15, -0.1) is 0 Å². The zero-order valence-electron chi connectivity index (χ0n) is 10.2. The van der Waals surface area contributed by atoms with E-state index in [2.05, 4.69) is 18.8 Å². The van der Waals surface area contributed by atoms with Gasteiger partial charge in [-0.1, -0.05) is 13.8 Å². The van der Waals surface area contributed by atoms with Crippen LogP contribution in [0.15, 0.2) is 6.20 Å². The van der Waals surface area contributed by atoms with Crippen molar-refractivity contribution in [1.29, 1.82) is 0 Å². The van der Waals surface area contributed by atoms with Crippen LogP contribution in [0.3, 0.4) is 0 Å². The SMILES string of the molecule is CCOC(=O)c1c[nH]c2c1CCC(C)(C)C2. The monoisotopic (exact) mass is 221 g/mol. The van der Waals surface area contributed by atoms with Crippen molar-refractivity contribution < 1.29 is 9.53 Å². The summed E-state index contributed by atoms with van der Waals surface area (Å²) in [5.41, 5.74) is 3.44. The summed E-state index contributed by atoms with van der Waals surface area (Å²) in [6.07, 6.45) is 4.91. The summed E-state index contributed by atoms with van der Waals surface area (Å²) in [7, 11) is 0. The quantitative estimate of drug-likeness (QED) is 0.780. The molecule has 1 heterocycles. The highest BCUT2D eigenvalue weighted by Gasteiger charge is 2.29. The first kappa shape index (κ1) is 11.2. The number of H-pyrrole nitrogens is 1. The molecule has 3 nitrogen and oxygen atoms in total. The third kappa shape index (κ3) is 1.99. The molecule has 16 heavy (non-hydrogen) atoms. The van der Waals surface area contributed by atoms with Crippen molar-refractivity contribution in [2.24, 2.45) is 5.41 Å². The van der Waals surface area contributed by atoms with Gasteiger partial charge in [-0.25, -0.2) is 4.79 Å². The van der Waals surface area contributed by atoms with Gasteiger partial charge >= 0.3 is 5.97 Å². The molecule has 0 aliphatic heterocycles. The first-order chi connectivity index (χ1) is 7.53. The molecule has 0 bridgehead atoms. The molecule has 0 saturated heterocycles. The number of nitrogens with one attached hydrogen (secondary N) is 1. The summed E-state index contributed by atoms with van der Waals surface area (Å²) in [6.45, 7) is 6.80. The van der Waals surface area contributed by atoms with Gasteiger partial charge < -0.3 is 9.72 Å². The van der Waals surface area contributed by atoms with E-state index in [-0.39, 0.29) is 5.97 Å². The summed E-state index contributed by atoms with van der Waals surface area (Å²) in [4.78, 5) is 14.9. The standard InChI is InChI=1S/C13H19NO2/c1-4-16-12(15)10-8-14-11-7-13(2,3)6-5-9(10)11/h8,14H,4-7H2,1-3H3. The van der Waals surface area contributed by atoms with E-state index < -0.39 is 0 Å². The van der Waals surface area contributed by atoms with Crippen LogP contribution in [0.2, 0.25) is 0 Å². The van der Waals surface area contributed by atoms with E-state index in [1.165, 1.54) is 5.69 Å². The summed E-state index contributed by atoms with van der Waals surface area (Å²) in [6, 6.07) is 0. The zero-order chi connectivity index (χ0) is 11.8. The Kier molecular flexibility index (Phi) is 2.78. The minimum atomic E-state index is -0.195. The van der Waals surface area contributed by atoms with Gasteiger partial charge in [-0.2, -0.15) is 0 Å². The highest BCUT2D eigenvalue weighted by atomic mass is 16.5. The fourth-order valence-electron chi connectivity index (χ4n) is 2.36. The molecule has 1 N–H and O–H groups in total. The zero-order valence-corrected chi connectivity index (χ0v) is 10.2. The lowest BCUT2D eigenvalue weighted by Gasteiger charge is -2.29. The van der Waals surface area contributed by atoms with Crippen LogP contribution in [0.25, 0.3) is 0 Å². The van der Waals surface area contributed by atoms with Crippen molar-refractivity contribution in [2.75, 3.05) is 6.61 Å². The highest BCUT2D eigenvalue weighted by Crippen LogP contribution is 2.35. The molecule has 1 aliphatic carbocycles. The van der Waals surface area contributed by atoms with Crippen molar-refractivity contribution in [1.82, 2.24) is 4.98 Å². The Labute approximate surface area is 96.2 Å². The van der Waals surface area contributed by atoms with Gasteiger partial charge in [0.1, 0.15) is 0 Å². The van der Waals surface area contributed by atoms with E-state index in [9.17, 15) is 4.79 Å². The molecule has 1 aliphatic rings. The lowest BCUT2D eigenvalue weighted by Crippen LogP contribution is -2.22. The van der Waals surface area contributed by atoms with Crippen LogP contribution in [0.5, 0.6) is 0 Å². The lowest BCUT2D eigenvalue weighted by molar-refractivity contribution is 0.0524. The molecule has 0 fully saturated rings. The summed E-state index contributed by atoms with van der Waals surface area (Å²) < 4.78 is 5.05. The van der Waals surface area contributed by atoms with Crippen LogP contribution < -0.4 is 0 Å². The summed E-state index contributed by atoms with van der Waals surface area (Å²) >= 11 is 0. The van der Waals surface area contributed by atoms with E-state index in [0.717, 1.165) is 30.4 Å². The number of aromatic nitrogens is 1. The van der Waals surface area contributed by atoms with Gasteiger partial charge in [0.25, 0.3) is 0 Å². The first-order valence-corrected chi connectivity index (χ1v) is 5.90. The number of rotatable bonds is 2. The molecular formula is C13H19NO2. The molecular weight excluding hydrogens is 202 g/mol. The van der Waals surface area contributed by atoms with Crippen molar-refractivity contribution in [3.05, 3.63) is 23.0 Å². The molecule has 0 spiro atoms. The van der Waals surface area contributed by atoms with Gasteiger partial charge in [0.15, 0.2) is 0 Å². The molecule has 0 saturated carbocycles. The Morgan fingerprint density at radius 2 is 2.31 bits per heavy atom. The largest absolute Gasteiger partial charge is 0.462 e. The number of hydrogen-bond donors (Lipinski definition) is 1. The Balaban J connectivity index is 2.26. The van der Waals surface area contributed by atoms with Crippen LogP contribution in [0, 0.1) is 5.41 Å². The number of carbonyl (C=O) groups excluding carboxylic acids is 1. The van der Waals surface area contributed by atoms with Gasteiger partial charge in [-0.3, -0.25) is 0 Å². The topological polar surface area (TPSA) is 42.1 Å². The average molecular weight is 221 g/mol. The predicted molar refractivity (Wildman–Crippen MR) is 62.6 cm³/mol. The third-order valence-electron chi connectivity index (χ3n) is 3.28. The molecule has 3 heteroatoms. The van der Waals surface area contributed by atoms with Gasteiger partial charge in [0, 0.05) is 11.9 Å². The second kappa shape index (κ2) is 3.96.